The predicted octanol–water partition coefficient (Wildman–Crippen LogP) is 2.17. The van der Waals surface area contributed by atoms with Gasteiger partial charge in [-0.05, 0) is 45.7 Å². The zero-order chi connectivity index (χ0) is 15.0. The summed E-state index contributed by atoms with van der Waals surface area (Å²) in [5, 5.41) is 0.260. The summed E-state index contributed by atoms with van der Waals surface area (Å²) in [7, 11) is 2.22. The monoisotopic (exact) mass is 308 g/mol. The van der Waals surface area contributed by atoms with Crippen LogP contribution in [0.1, 0.15) is 35.4 Å². The van der Waals surface area contributed by atoms with Crippen LogP contribution >= 0.6 is 11.6 Å². The molecule has 0 spiro atoms. The van der Waals surface area contributed by atoms with Gasteiger partial charge >= 0.3 is 0 Å². The lowest BCUT2D eigenvalue weighted by molar-refractivity contribution is 0.102. The number of nitrogens with zero attached hydrogens (tertiary/aromatic N) is 4. The molecule has 114 valence electrons. The van der Waals surface area contributed by atoms with Crippen LogP contribution in [-0.4, -0.2) is 53.9 Å². The summed E-state index contributed by atoms with van der Waals surface area (Å²) in [6.45, 7) is 4.87. The Morgan fingerprint density at radius 3 is 2.86 bits per heavy atom. The number of piperidine rings is 2. The molecule has 3 heterocycles. The van der Waals surface area contributed by atoms with E-state index < -0.39 is 0 Å². The molecule has 0 N–H and O–H groups in total. The van der Waals surface area contributed by atoms with Gasteiger partial charge in [-0.15, -0.1) is 0 Å². The lowest BCUT2D eigenvalue weighted by Crippen LogP contribution is -2.53. The largest absolute Gasteiger partial charge is 0.355 e. The molecule has 0 bridgehead atoms. The number of aldehydes is 1. The van der Waals surface area contributed by atoms with E-state index in [2.05, 4.69) is 26.8 Å². The van der Waals surface area contributed by atoms with Crippen molar-refractivity contribution in [2.24, 2.45) is 5.92 Å². The van der Waals surface area contributed by atoms with Gasteiger partial charge in [0.2, 0.25) is 0 Å². The van der Waals surface area contributed by atoms with E-state index in [-0.39, 0.29) is 5.15 Å². The SMILES string of the molecule is Cc1nc(Cl)c(C=O)c(N2CCC3C(CCCN3C)C2)n1. The van der Waals surface area contributed by atoms with Crippen molar-refractivity contribution in [2.45, 2.75) is 32.2 Å². The first-order valence-electron chi connectivity index (χ1n) is 7.54. The second kappa shape index (κ2) is 5.89. The van der Waals surface area contributed by atoms with Crippen molar-refractivity contribution in [3.05, 3.63) is 16.5 Å². The first-order chi connectivity index (χ1) is 10.1. The van der Waals surface area contributed by atoms with Crippen LogP contribution in [0.3, 0.4) is 0 Å². The molecule has 2 aliphatic heterocycles. The van der Waals surface area contributed by atoms with E-state index >= 15 is 0 Å². The highest BCUT2D eigenvalue weighted by atomic mass is 35.5. The maximum Gasteiger partial charge on any atom is 0.156 e. The van der Waals surface area contributed by atoms with Crippen LogP contribution < -0.4 is 4.90 Å². The number of halogens is 1. The molecule has 2 fully saturated rings. The molecular weight excluding hydrogens is 288 g/mol. The smallest absolute Gasteiger partial charge is 0.156 e. The molecule has 1 aromatic rings. The fraction of sp³-hybridized carbons (Fsp3) is 0.667. The van der Waals surface area contributed by atoms with E-state index in [0.717, 1.165) is 25.8 Å². The fourth-order valence-corrected chi connectivity index (χ4v) is 3.97. The lowest BCUT2D eigenvalue weighted by Gasteiger charge is -2.46. The van der Waals surface area contributed by atoms with E-state index in [1.807, 2.05) is 6.92 Å². The molecule has 0 radical (unpaired) electrons. The first kappa shape index (κ1) is 14.7. The van der Waals surface area contributed by atoms with Crippen molar-refractivity contribution < 1.29 is 4.79 Å². The van der Waals surface area contributed by atoms with Crippen molar-refractivity contribution in [3.63, 3.8) is 0 Å². The van der Waals surface area contributed by atoms with Gasteiger partial charge in [-0.25, -0.2) is 9.97 Å². The molecule has 0 aromatic carbocycles. The van der Waals surface area contributed by atoms with Crippen LogP contribution in [0, 0.1) is 12.8 Å². The Kier molecular flexibility index (Phi) is 4.13. The maximum absolute atomic E-state index is 11.3. The molecule has 21 heavy (non-hydrogen) atoms. The number of likely N-dealkylation sites (tertiary alicyclic amines) is 1. The molecule has 1 aromatic heterocycles. The molecule has 5 nitrogen and oxygen atoms in total. The number of anilines is 1. The Morgan fingerprint density at radius 2 is 2.10 bits per heavy atom. The normalized spacial score (nSPS) is 26.5. The van der Waals surface area contributed by atoms with Gasteiger partial charge in [-0.3, -0.25) is 4.79 Å². The number of carbonyl (C=O) groups is 1. The second-order valence-corrected chi connectivity index (χ2v) is 6.46. The average Bonchev–Trinajstić information content (AvgIpc) is 2.46. The third-order valence-corrected chi connectivity index (χ3v) is 5.04. The molecule has 0 amide bonds. The molecule has 2 atom stereocenters. The first-order valence-corrected chi connectivity index (χ1v) is 7.92. The summed E-state index contributed by atoms with van der Waals surface area (Å²) in [4.78, 5) is 24.6. The van der Waals surface area contributed by atoms with Gasteiger partial charge in [0.15, 0.2) is 6.29 Å². The molecule has 0 saturated carbocycles. The van der Waals surface area contributed by atoms with E-state index in [0.29, 0.717) is 29.2 Å². The van der Waals surface area contributed by atoms with Gasteiger partial charge < -0.3 is 9.80 Å². The van der Waals surface area contributed by atoms with Crippen LogP contribution in [-0.2, 0) is 0 Å². The van der Waals surface area contributed by atoms with E-state index in [9.17, 15) is 4.79 Å². The molecule has 2 aliphatic rings. The topological polar surface area (TPSA) is 49.3 Å². The zero-order valence-corrected chi connectivity index (χ0v) is 13.3. The number of rotatable bonds is 2. The van der Waals surface area contributed by atoms with Crippen molar-refractivity contribution in [1.29, 1.82) is 0 Å². The molecule has 6 heteroatoms. The Hall–Kier alpha value is -1.20. The molecule has 2 saturated heterocycles. The van der Waals surface area contributed by atoms with E-state index in [1.54, 1.807) is 0 Å². The Morgan fingerprint density at radius 1 is 1.29 bits per heavy atom. The number of fused-ring (bicyclic) bond motifs is 1. The van der Waals surface area contributed by atoms with Gasteiger partial charge in [0, 0.05) is 19.1 Å². The molecular formula is C15H21ClN4O. The number of hydrogen-bond donors (Lipinski definition) is 0. The Labute approximate surface area is 130 Å². The number of aryl methyl sites for hydroxylation is 1. The summed E-state index contributed by atoms with van der Waals surface area (Å²) in [6, 6.07) is 0.660. The third-order valence-electron chi connectivity index (χ3n) is 4.75. The second-order valence-electron chi connectivity index (χ2n) is 6.10. The Balaban J connectivity index is 1.87. The highest BCUT2D eigenvalue weighted by molar-refractivity contribution is 6.32. The lowest BCUT2D eigenvalue weighted by atomic mass is 9.84. The number of aromatic nitrogens is 2. The quantitative estimate of drug-likeness (QED) is 0.619. The van der Waals surface area contributed by atoms with Crippen molar-refractivity contribution >= 4 is 23.7 Å². The van der Waals surface area contributed by atoms with Crippen LogP contribution in [0.5, 0.6) is 0 Å². The summed E-state index contributed by atoms with van der Waals surface area (Å²) >= 11 is 6.10. The minimum absolute atomic E-state index is 0.260. The highest BCUT2D eigenvalue weighted by Gasteiger charge is 2.35. The average molecular weight is 309 g/mol. The fourth-order valence-electron chi connectivity index (χ4n) is 3.72. The summed E-state index contributed by atoms with van der Waals surface area (Å²) < 4.78 is 0. The predicted molar refractivity (Wildman–Crippen MR) is 83.1 cm³/mol. The number of carbonyl (C=O) groups excluding carboxylic acids is 1. The van der Waals surface area contributed by atoms with Gasteiger partial charge in [0.1, 0.15) is 16.8 Å². The van der Waals surface area contributed by atoms with Gasteiger partial charge in [0.25, 0.3) is 0 Å². The van der Waals surface area contributed by atoms with Crippen molar-refractivity contribution in [3.8, 4) is 0 Å². The van der Waals surface area contributed by atoms with E-state index in [1.165, 1.54) is 19.4 Å². The molecule has 3 rings (SSSR count). The van der Waals surface area contributed by atoms with Crippen LogP contribution in [0.2, 0.25) is 5.15 Å². The summed E-state index contributed by atoms with van der Waals surface area (Å²) in [6.07, 6.45) is 4.38. The van der Waals surface area contributed by atoms with Gasteiger partial charge in [-0.2, -0.15) is 0 Å². The standard InChI is InChI=1S/C15H21ClN4O/c1-10-17-14(16)12(9-21)15(18-10)20-7-5-13-11(8-20)4-3-6-19(13)2/h9,11,13H,3-8H2,1-2H3. The minimum Gasteiger partial charge on any atom is -0.355 e. The van der Waals surface area contributed by atoms with Crippen molar-refractivity contribution in [1.82, 2.24) is 14.9 Å². The van der Waals surface area contributed by atoms with Crippen molar-refractivity contribution in [2.75, 3.05) is 31.6 Å². The summed E-state index contributed by atoms with van der Waals surface area (Å²) in [5.74, 6) is 1.96. The van der Waals surface area contributed by atoms with Gasteiger partial charge in [0.05, 0.1) is 5.56 Å². The zero-order valence-electron chi connectivity index (χ0n) is 12.5. The van der Waals surface area contributed by atoms with Crippen LogP contribution in [0.25, 0.3) is 0 Å². The minimum atomic E-state index is 0.260. The third kappa shape index (κ3) is 2.77. The highest BCUT2D eigenvalue weighted by Crippen LogP contribution is 2.33. The van der Waals surface area contributed by atoms with Crippen LogP contribution in [0.4, 0.5) is 5.82 Å². The van der Waals surface area contributed by atoms with E-state index in [4.69, 9.17) is 11.6 Å². The maximum atomic E-state index is 11.3. The summed E-state index contributed by atoms with van der Waals surface area (Å²) in [5.41, 5.74) is 0.421. The van der Waals surface area contributed by atoms with Gasteiger partial charge in [-0.1, -0.05) is 11.6 Å². The molecule has 2 unspecified atom stereocenters. The number of hydrogen-bond acceptors (Lipinski definition) is 5. The van der Waals surface area contributed by atoms with Crippen LogP contribution in [0.15, 0.2) is 0 Å². The molecule has 0 aliphatic carbocycles. The Bertz CT molecular complexity index is 551.